The molecule has 0 unspecified atom stereocenters. The van der Waals surface area contributed by atoms with Crippen LogP contribution in [0.5, 0.6) is 0 Å². The van der Waals surface area contributed by atoms with E-state index in [2.05, 4.69) is 6.92 Å². The molecule has 0 saturated carbocycles. The van der Waals surface area contributed by atoms with E-state index in [0.717, 1.165) is 18.4 Å². The molecular formula is C21H31O3P. The summed E-state index contributed by atoms with van der Waals surface area (Å²) in [5, 5.41) is 0.342. The molecule has 0 radical (unpaired) electrons. The summed E-state index contributed by atoms with van der Waals surface area (Å²) in [4.78, 5) is 31.7. The van der Waals surface area contributed by atoms with Crippen LogP contribution in [0.25, 0.3) is 0 Å². The first-order valence-corrected chi connectivity index (χ1v) is 11.4. The summed E-state index contributed by atoms with van der Waals surface area (Å²) in [6.07, 6.45) is 9.91. The van der Waals surface area contributed by atoms with Crippen molar-refractivity contribution in [3.05, 3.63) is 60.2 Å². The van der Waals surface area contributed by atoms with Crippen LogP contribution in [-0.2, 0) is 6.42 Å². The number of hydrogen-bond acceptors (Lipinski definition) is 3. The van der Waals surface area contributed by atoms with E-state index in [9.17, 15) is 14.7 Å². The number of hydrogen-bond donors (Lipinski definition) is 3. The topological polar surface area (TPSA) is 60.7 Å². The van der Waals surface area contributed by atoms with Gasteiger partial charge in [0.2, 0.25) is 0 Å². The van der Waals surface area contributed by atoms with Gasteiger partial charge in [-0.1, -0.05) is 6.92 Å². The van der Waals surface area contributed by atoms with Crippen LogP contribution in [-0.4, -0.2) is 14.7 Å². The second-order valence-corrected chi connectivity index (χ2v) is 9.85. The monoisotopic (exact) mass is 362 g/mol. The second-order valence-electron chi connectivity index (χ2n) is 6.85. The van der Waals surface area contributed by atoms with Gasteiger partial charge in [-0.2, -0.15) is 0 Å². The summed E-state index contributed by atoms with van der Waals surface area (Å²) in [5.41, 5.74) is 1.16. The van der Waals surface area contributed by atoms with Crippen molar-refractivity contribution in [3.8, 4) is 0 Å². The quantitative estimate of drug-likeness (QED) is 0.438. The summed E-state index contributed by atoms with van der Waals surface area (Å²) in [5.74, 6) is 0. The zero-order valence-electron chi connectivity index (χ0n) is 15.1. The van der Waals surface area contributed by atoms with Crippen LogP contribution >= 0.6 is 7.28 Å². The van der Waals surface area contributed by atoms with E-state index in [-0.39, 0.29) is 10.6 Å². The molecule has 3 nitrogen and oxygen atoms in total. The average Bonchev–Trinajstić information content (AvgIpc) is 2.62. The van der Waals surface area contributed by atoms with Gasteiger partial charge in [0.1, 0.15) is 0 Å². The molecule has 2 aromatic carbocycles. The van der Waals surface area contributed by atoms with Crippen molar-refractivity contribution in [1.82, 2.24) is 0 Å². The van der Waals surface area contributed by atoms with Gasteiger partial charge in [-0.3, -0.25) is 0 Å². The number of benzene rings is 2. The number of unbranched alkanes of at least 4 members (excludes halogenated alkanes) is 6. The maximum absolute atomic E-state index is 10.6. The summed E-state index contributed by atoms with van der Waals surface area (Å²) in [6, 6.07) is 15.3. The van der Waals surface area contributed by atoms with Crippen molar-refractivity contribution < 1.29 is 14.7 Å². The van der Waals surface area contributed by atoms with Gasteiger partial charge in [0.15, 0.2) is 0 Å². The second kappa shape index (κ2) is 8.91. The third-order valence-electron chi connectivity index (χ3n) is 4.71. The van der Waals surface area contributed by atoms with Crippen LogP contribution in [0.3, 0.4) is 0 Å². The Kier molecular flexibility index (Phi) is 7.15. The first-order chi connectivity index (χ1) is 11.9. The summed E-state index contributed by atoms with van der Waals surface area (Å²) < 4.78 is 0. The molecule has 4 heteroatoms. The van der Waals surface area contributed by atoms with E-state index in [1.54, 1.807) is 42.5 Å². The van der Waals surface area contributed by atoms with Gasteiger partial charge in [0.25, 0.3) is 0 Å². The first-order valence-electron chi connectivity index (χ1n) is 9.34. The molecule has 2 rings (SSSR count). The molecule has 0 aliphatic rings. The van der Waals surface area contributed by atoms with Gasteiger partial charge in [-0.05, 0) is 0 Å². The summed E-state index contributed by atoms with van der Waals surface area (Å²) >= 11 is 0. The Morgan fingerprint density at radius 2 is 1.16 bits per heavy atom. The van der Waals surface area contributed by atoms with Gasteiger partial charge in [0, 0.05) is 0 Å². The van der Waals surface area contributed by atoms with Gasteiger partial charge >= 0.3 is 144 Å². The third-order valence-corrected chi connectivity index (χ3v) is 7.21. The van der Waals surface area contributed by atoms with Gasteiger partial charge < -0.3 is 0 Å². The van der Waals surface area contributed by atoms with E-state index in [1.807, 2.05) is 12.1 Å². The Morgan fingerprint density at radius 1 is 0.640 bits per heavy atom. The Balaban J connectivity index is 1.91. The molecule has 25 heavy (non-hydrogen) atoms. The molecule has 0 aliphatic carbocycles. The molecule has 2 aromatic rings. The van der Waals surface area contributed by atoms with Crippen LogP contribution in [0.4, 0.5) is 0 Å². The zero-order chi connectivity index (χ0) is 18.2. The number of rotatable bonds is 10. The fourth-order valence-electron chi connectivity index (χ4n) is 3.07. The average molecular weight is 362 g/mol. The molecular weight excluding hydrogens is 331 g/mol. The molecule has 0 heterocycles. The molecule has 0 atom stereocenters. The van der Waals surface area contributed by atoms with E-state index >= 15 is 0 Å². The third kappa shape index (κ3) is 5.62. The Labute approximate surface area is 151 Å². The van der Waals surface area contributed by atoms with Crippen LogP contribution in [0, 0.1) is 0 Å². The van der Waals surface area contributed by atoms with E-state index in [4.69, 9.17) is 0 Å². The molecule has 0 aliphatic heterocycles. The van der Waals surface area contributed by atoms with Gasteiger partial charge in [0.05, 0.1) is 0 Å². The van der Waals surface area contributed by atoms with Crippen LogP contribution in [0.1, 0.15) is 57.4 Å². The summed E-state index contributed by atoms with van der Waals surface area (Å²) in [7, 11) is -5.02. The van der Waals surface area contributed by atoms with E-state index in [1.165, 1.54) is 38.5 Å². The van der Waals surface area contributed by atoms with Crippen molar-refractivity contribution in [2.24, 2.45) is 0 Å². The molecule has 0 bridgehead atoms. The van der Waals surface area contributed by atoms with Crippen molar-refractivity contribution >= 4 is 17.9 Å². The predicted octanol–water partition coefficient (Wildman–Crippen LogP) is 4.21. The fraction of sp³-hybridized carbons (Fsp3) is 0.429. The first kappa shape index (κ1) is 20.1. The maximum atomic E-state index is 10.6. The minimum atomic E-state index is -5.02. The Hall–Kier alpha value is -1.25. The van der Waals surface area contributed by atoms with Crippen LogP contribution in [0.15, 0.2) is 54.6 Å². The molecule has 0 saturated heterocycles. The summed E-state index contributed by atoms with van der Waals surface area (Å²) in [6.45, 7) is 2.23. The molecule has 0 spiro atoms. The van der Waals surface area contributed by atoms with Gasteiger partial charge in [-0.25, -0.2) is 0 Å². The molecule has 138 valence electrons. The Bertz CT molecular complexity index is 630. The Morgan fingerprint density at radius 3 is 1.76 bits per heavy atom. The fourth-order valence-corrected chi connectivity index (χ4v) is 4.79. The molecule has 3 N–H and O–H groups in total. The van der Waals surface area contributed by atoms with E-state index in [0.29, 0.717) is 0 Å². The SMILES string of the molecule is CCCCCCCCCc1ccc(P(O)(O)(O)c2ccccc2)cc1. The van der Waals surface area contributed by atoms with Crippen molar-refractivity contribution in [2.75, 3.05) is 0 Å². The van der Waals surface area contributed by atoms with Crippen molar-refractivity contribution in [3.63, 3.8) is 0 Å². The standard InChI is InChI=1S/C21H31O3P/c1-2-3-4-5-6-7-9-12-19-15-17-21(18-16-19)25(22,23,24)20-13-10-8-11-14-20/h8,10-11,13-18,22-24H,2-7,9,12H2,1H3. The minimum absolute atomic E-state index is 0.160. The zero-order valence-corrected chi connectivity index (χ0v) is 16.0. The van der Waals surface area contributed by atoms with E-state index < -0.39 is 7.28 Å². The van der Waals surface area contributed by atoms with Crippen molar-refractivity contribution in [2.45, 2.75) is 58.3 Å². The van der Waals surface area contributed by atoms with Crippen molar-refractivity contribution in [1.29, 1.82) is 0 Å². The predicted molar refractivity (Wildman–Crippen MR) is 107 cm³/mol. The normalized spacial score (nSPS) is 13.4. The van der Waals surface area contributed by atoms with Crippen LogP contribution in [0.2, 0.25) is 0 Å². The van der Waals surface area contributed by atoms with Crippen LogP contribution < -0.4 is 10.6 Å². The molecule has 0 amide bonds. The van der Waals surface area contributed by atoms with Gasteiger partial charge in [-0.15, -0.1) is 0 Å². The molecule has 0 aromatic heterocycles. The number of aryl methyl sites for hydroxylation is 1. The molecule has 0 fully saturated rings.